The predicted octanol–water partition coefficient (Wildman–Crippen LogP) is 3.57. The summed E-state index contributed by atoms with van der Waals surface area (Å²) in [6, 6.07) is 12.2. The second kappa shape index (κ2) is 7.26. The minimum atomic E-state index is 0.302. The monoisotopic (exact) mass is 320 g/mol. The van der Waals surface area contributed by atoms with Gasteiger partial charge in [-0.05, 0) is 48.9 Å². The van der Waals surface area contributed by atoms with Crippen LogP contribution in [0.15, 0.2) is 53.3 Å². The number of nitrogens with one attached hydrogen (secondary N) is 1. The molecule has 1 atom stereocenters. The number of pyridine rings is 1. The average molecular weight is 321 g/mol. The molecule has 0 aliphatic rings. The lowest BCUT2D eigenvalue weighted by Crippen LogP contribution is -2.24. The topological polar surface area (TPSA) is 34.1 Å². The number of hydrogen-bond donors (Lipinski definition) is 1. The molecule has 1 heterocycles. The zero-order valence-corrected chi connectivity index (χ0v) is 12.4. The Morgan fingerprint density at radius 2 is 1.84 bits per heavy atom. The second-order valence-corrected chi connectivity index (χ2v) is 5.17. The first kappa shape index (κ1) is 14.0. The summed E-state index contributed by atoms with van der Waals surface area (Å²) in [4.78, 5) is 4.01. The number of ether oxygens (including phenoxy) is 1. The summed E-state index contributed by atoms with van der Waals surface area (Å²) in [5.41, 5.74) is 1.23. The Kier molecular flexibility index (Phi) is 5.36. The highest BCUT2D eigenvalue weighted by Crippen LogP contribution is 2.16. The fraction of sp³-hybridized carbons (Fsp3) is 0.267. The Bertz CT molecular complexity index is 487. The number of hydrogen-bond acceptors (Lipinski definition) is 3. The largest absolute Gasteiger partial charge is 0.492 e. The molecule has 4 heteroatoms. The summed E-state index contributed by atoms with van der Waals surface area (Å²) >= 11 is 3.40. The van der Waals surface area contributed by atoms with Gasteiger partial charge in [0, 0.05) is 29.5 Å². The van der Waals surface area contributed by atoms with E-state index in [1.54, 1.807) is 0 Å². The van der Waals surface area contributed by atoms with E-state index < -0.39 is 0 Å². The molecule has 0 bridgehead atoms. The molecule has 0 spiro atoms. The van der Waals surface area contributed by atoms with Gasteiger partial charge in [0.1, 0.15) is 12.4 Å². The van der Waals surface area contributed by atoms with Crippen molar-refractivity contribution in [3.63, 3.8) is 0 Å². The van der Waals surface area contributed by atoms with E-state index in [2.05, 4.69) is 33.2 Å². The fourth-order valence-corrected chi connectivity index (χ4v) is 2.01. The van der Waals surface area contributed by atoms with Crippen molar-refractivity contribution in [1.29, 1.82) is 0 Å². The van der Waals surface area contributed by atoms with Crippen molar-refractivity contribution >= 4 is 15.9 Å². The molecule has 2 rings (SSSR count). The summed E-state index contributed by atoms with van der Waals surface area (Å²) in [5, 5.41) is 3.42. The maximum atomic E-state index is 5.65. The van der Waals surface area contributed by atoms with Gasteiger partial charge in [0.2, 0.25) is 0 Å². The van der Waals surface area contributed by atoms with Gasteiger partial charge in [0.15, 0.2) is 0 Å². The van der Waals surface area contributed by atoms with E-state index in [1.807, 2.05) is 48.8 Å². The smallest absolute Gasteiger partial charge is 0.119 e. The van der Waals surface area contributed by atoms with Crippen LogP contribution in [0.2, 0.25) is 0 Å². The Morgan fingerprint density at radius 1 is 1.16 bits per heavy atom. The van der Waals surface area contributed by atoms with Crippen molar-refractivity contribution in [2.75, 3.05) is 13.2 Å². The molecule has 0 radical (unpaired) electrons. The first-order valence-corrected chi connectivity index (χ1v) is 7.06. The molecule has 1 N–H and O–H groups in total. The average Bonchev–Trinajstić information content (AvgIpc) is 2.46. The standard InChI is InChI=1S/C15H17BrN2O/c1-12(13-6-8-17-9-7-13)18-10-11-19-15-4-2-14(16)3-5-15/h2-9,12,18H,10-11H2,1H3/t12-/m0/s1. The minimum absolute atomic E-state index is 0.302. The Morgan fingerprint density at radius 3 is 2.53 bits per heavy atom. The summed E-state index contributed by atoms with van der Waals surface area (Å²) in [5.74, 6) is 0.890. The highest BCUT2D eigenvalue weighted by molar-refractivity contribution is 9.10. The lowest BCUT2D eigenvalue weighted by Gasteiger charge is -2.14. The summed E-state index contributed by atoms with van der Waals surface area (Å²) in [7, 11) is 0. The van der Waals surface area contributed by atoms with Crippen LogP contribution in [0.4, 0.5) is 0 Å². The van der Waals surface area contributed by atoms with Gasteiger partial charge in [-0.15, -0.1) is 0 Å². The first-order chi connectivity index (χ1) is 9.25. The molecular weight excluding hydrogens is 304 g/mol. The maximum Gasteiger partial charge on any atom is 0.119 e. The third kappa shape index (κ3) is 4.65. The maximum absolute atomic E-state index is 5.65. The van der Waals surface area contributed by atoms with Crippen molar-refractivity contribution in [3.8, 4) is 5.75 Å². The van der Waals surface area contributed by atoms with E-state index in [-0.39, 0.29) is 0 Å². The predicted molar refractivity (Wildman–Crippen MR) is 80.3 cm³/mol. The van der Waals surface area contributed by atoms with Gasteiger partial charge in [-0.3, -0.25) is 4.98 Å². The quantitative estimate of drug-likeness (QED) is 0.826. The SMILES string of the molecule is C[C@H](NCCOc1ccc(Br)cc1)c1ccncc1. The number of nitrogens with zero attached hydrogens (tertiary/aromatic N) is 1. The van der Waals surface area contributed by atoms with Crippen LogP contribution in [-0.2, 0) is 0 Å². The van der Waals surface area contributed by atoms with Gasteiger partial charge in [0.05, 0.1) is 0 Å². The van der Waals surface area contributed by atoms with Gasteiger partial charge in [-0.25, -0.2) is 0 Å². The third-order valence-electron chi connectivity index (χ3n) is 2.84. The highest BCUT2D eigenvalue weighted by Gasteiger charge is 2.03. The van der Waals surface area contributed by atoms with Gasteiger partial charge in [0.25, 0.3) is 0 Å². The molecule has 2 aromatic rings. The van der Waals surface area contributed by atoms with E-state index in [9.17, 15) is 0 Å². The molecule has 0 aliphatic heterocycles. The summed E-state index contributed by atoms with van der Waals surface area (Å²) in [6.07, 6.45) is 3.62. The third-order valence-corrected chi connectivity index (χ3v) is 3.37. The van der Waals surface area contributed by atoms with E-state index in [0.717, 1.165) is 16.8 Å². The van der Waals surface area contributed by atoms with Crippen LogP contribution in [0.3, 0.4) is 0 Å². The fourth-order valence-electron chi connectivity index (χ4n) is 1.75. The van der Waals surface area contributed by atoms with E-state index in [4.69, 9.17) is 4.74 Å². The molecule has 0 saturated heterocycles. The molecule has 0 fully saturated rings. The van der Waals surface area contributed by atoms with Crippen molar-refractivity contribution in [1.82, 2.24) is 10.3 Å². The zero-order valence-electron chi connectivity index (χ0n) is 10.8. The Hall–Kier alpha value is -1.39. The lowest BCUT2D eigenvalue weighted by atomic mass is 10.1. The molecule has 1 aromatic heterocycles. The van der Waals surface area contributed by atoms with Crippen LogP contribution in [-0.4, -0.2) is 18.1 Å². The minimum Gasteiger partial charge on any atom is -0.492 e. The van der Waals surface area contributed by atoms with Crippen LogP contribution >= 0.6 is 15.9 Å². The Balaban J connectivity index is 1.71. The number of rotatable bonds is 6. The van der Waals surface area contributed by atoms with Crippen LogP contribution in [0, 0.1) is 0 Å². The summed E-state index contributed by atoms with van der Waals surface area (Å²) in [6.45, 7) is 3.59. The van der Waals surface area contributed by atoms with Crippen molar-refractivity contribution in [2.24, 2.45) is 0 Å². The van der Waals surface area contributed by atoms with Gasteiger partial charge < -0.3 is 10.1 Å². The van der Waals surface area contributed by atoms with Gasteiger partial charge in [-0.2, -0.15) is 0 Å². The highest BCUT2D eigenvalue weighted by atomic mass is 79.9. The lowest BCUT2D eigenvalue weighted by molar-refractivity contribution is 0.307. The van der Waals surface area contributed by atoms with Crippen molar-refractivity contribution < 1.29 is 4.74 Å². The second-order valence-electron chi connectivity index (χ2n) is 4.26. The molecule has 19 heavy (non-hydrogen) atoms. The first-order valence-electron chi connectivity index (χ1n) is 6.27. The normalized spacial score (nSPS) is 12.1. The zero-order chi connectivity index (χ0) is 13.5. The molecule has 1 aromatic carbocycles. The van der Waals surface area contributed by atoms with Crippen LogP contribution in [0.1, 0.15) is 18.5 Å². The van der Waals surface area contributed by atoms with Crippen molar-refractivity contribution in [3.05, 3.63) is 58.8 Å². The number of halogens is 1. The van der Waals surface area contributed by atoms with Gasteiger partial charge in [-0.1, -0.05) is 15.9 Å². The van der Waals surface area contributed by atoms with Crippen molar-refractivity contribution in [2.45, 2.75) is 13.0 Å². The number of aromatic nitrogens is 1. The molecule has 0 aliphatic carbocycles. The molecule has 0 amide bonds. The number of benzene rings is 1. The van der Waals surface area contributed by atoms with E-state index in [0.29, 0.717) is 12.6 Å². The van der Waals surface area contributed by atoms with Gasteiger partial charge >= 0.3 is 0 Å². The molecule has 0 unspecified atom stereocenters. The molecule has 100 valence electrons. The van der Waals surface area contributed by atoms with E-state index >= 15 is 0 Å². The molecule has 0 saturated carbocycles. The molecular formula is C15H17BrN2O. The van der Waals surface area contributed by atoms with Crippen LogP contribution in [0.5, 0.6) is 5.75 Å². The van der Waals surface area contributed by atoms with Crippen LogP contribution < -0.4 is 10.1 Å². The van der Waals surface area contributed by atoms with E-state index in [1.165, 1.54) is 5.56 Å². The Labute approximate surface area is 122 Å². The van der Waals surface area contributed by atoms with Crippen LogP contribution in [0.25, 0.3) is 0 Å². The summed E-state index contributed by atoms with van der Waals surface area (Å²) < 4.78 is 6.71. The molecule has 3 nitrogen and oxygen atoms in total.